The lowest BCUT2D eigenvalue weighted by molar-refractivity contribution is 0.245. The number of nitrogens with zero attached hydrogens (tertiary/aromatic N) is 1. The molecule has 1 aliphatic rings. The second-order valence-corrected chi connectivity index (χ2v) is 7.01. The molecule has 1 aromatic heterocycles. The number of nitrogens with two attached hydrogens (primary N) is 1. The fourth-order valence-electron chi connectivity index (χ4n) is 2.76. The highest BCUT2D eigenvalue weighted by molar-refractivity contribution is 7.11. The van der Waals surface area contributed by atoms with Crippen LogP contribution in [0.2, 0.25) is 0 Å². The van der Waals surface area contributed by atoms with Crippen LogP contribution in [0.25, 0.3) is 0 Å². The van der Waals surface area contributed by atoms with Crippen molar-refractivity contribution in [3.8, 4) is 5.75 Å². The second kappa shape index (κ2) is 7.16. The lowest BCUT2D eigenvalue weighted by Crippen LogP contribution is -2.16. The molecule has 0 amide bonds. The van der Waals surface area contributed by atoms with Crippen LogP contribution in [0.3, 0.4) is 0 Å². The first-order chi connectivity index (χ1) is 9.56. The zero-order valence-electron chi connectivity index (χ0n) is 12.8. The number of rotatable bonds is 6. The first-order valence-electron chi connectivity index (χ1n) is 7.72. The molecule has 1 heterocycles. The number of hydrogen-bond acceptors (Lipinski definition) is 5. The molecule has 1 aromatic rings. The predicted molar refractivity (Wildman–Crippen MR) is 86.5 cm³/mol. The molecule has 3 N–H and O–H groups in total. The van der Waals surface area contributed by atoms with Crippen LogP contribution in [0.4, 0.5) is 10.8 Å². The zero-order valence-corrected chi connectivity index (χ0v) is 13.6. The van der Waals surface area contributed by atoms with Gasteiger partial charge >= 0.3 is 0 Å². The van der Waals surface area contributed by atoms with E-state index in [9.17, 15) is 0 Å². The molecule has 5 heteroatoms. The lowest BCUT2D eigenvalue weighted by Gasteiger charge is -2.26. The Kier molecular flexibility index (Phi) is 5.52. The molecule has 0 saturated heterocycles. The van der Waals surface area contributed by atoms with Crippen LogP contribution < -0.4 is 15.8 Å². The number of hydrogen-bond donors (Lipinski definition) is 2. The molecule has 0 aliphatic heterocycles. The summed E-state index contributed by atoms with van der Waals surface area (Å²) in [4.78, 5) is 0. The first-order valence-corrected chi connectivity index (χ1v) is 8.49. The molecular formula is C15H27N3OS. The van der Waals surface area contributed by atoms with E-state index in [1.807, 2.05) is 13.8 Å². The fourth-order valence-corrected chi connectivity index (χ4v) is 3.44. The van der Waals surface area contributed by atoms with Gasteiger partial charge < -0.3 is 15.8 Å². The van der Waals surface area contributed by atoms with Gasteiger partial charge in [0.15, 0.2) is 16.6 Å². The topological polar surface area (TPSA) is 60.2 Å². The summed E-state index contributed by atoms with van der Waals surface area (Å²) in [5, 5.41) is 4.42. The number of ether oxygens (including phenoxy) is 1. The molecule has 0 aromatic carbocycles. The lowest BCUT2D eigenvalue weighted by atomic mass is 9.81. The average Bonchev–Trinajstić information content (AvgIpc) is 2.73. The molecule has 0 unspecified atom stereocenters. The van der Waals surface area contributed by atoms with Crippen molar-refractivity contribution in [2.45, 2.75) is 59.0 Å². The average molecular weight is 297 g/mol. The van der Waals surface area contributed by atoms with Crippen LogP contribution in [0, 0.1) is 11.8 Å². The van der Waals surface area contributed by atoms with Crippen LogP contribution in [-0.4, -0.2) is 17.0 Å². The second-order valence-electron chi connectivity index (χ2n) is 6.23. The maximum absolute atomic E-state index is 5.85. The largest absolute Gasteiger partial charge is 0.484 e. The van der Waals surface area contributed by atoms with Gasteiger partial charge in [-0.25, -0.2) is 0 Å². The first kappa shape index (κ1) is 15.4. The molecule has 114 valence electrons. The van der Waals surface area contributed by atoms with Crippen LogP contribution in [-0.2, 0) is 0 Å². The van der Waals surface area contributed by atoms with Gasteiger partial charge in [-0.1, -0.05) is 32.6 Å². The van der Waals surface area contributed by atoms with E-state index in [4.69, 9.17) is 10.5 Å². The van der Waals surface area contributed by atoms with Crippen LogP contribution in [0.5, 0.6) is 5.75 Å². The molecule has 1 fully saturated rings. The molecule has 20 heavy (non-hydrogen) atoms. The van der Waals surface area contributed by atoms with Crippen molar-refractivity contribution in [3.05, 3.63) is 0 Å². The molecule has 0 atom stereocenters. The highest BCUT2D eigenvalue weighted by atomic mass is 32.1. The minimum absolute atomic E-state index is 0.120. The minimum atomic E-state index is 0.120. The SMILES string of the molecule is CC1CCC(CCNc2snc(N)c2OC(C)C)CC1. The van der Waals surface area contributed by atoms with Gasteiger partial charge in [0.05, 0.1) is 6.10 Å². The van der Waals surface area contributed by atoms with Gasteiger partial charge in [-0.05, 0) is 43.6 Å². The highest BCUT2D eigenvalue weighted by Gasteiger charge is 2.19. The van der Waals surface area contributed by atoms with Crippen molar-refractivity contribution in [2.75, 3.05) is 17.6 Å². The summed E-state index contributed by atoms with van der Waals surface area (Å²) in [6.07, 6.45) is 6.88. The van der Waals surface area contributed by atoms with Gasteiger partial charge in [0, 0.05) is 6.54 Å². The molecular weight excluding hydrogens is 270 g/mol. The van der Waals surface area contributed by atoms with Gasteiger partial charge in [-0.2, -0.15) is 4.37 Å². The maximum Gasteiger partial charge on any atom is 0.197 e. The number of nitrogens with one attached hydrogen (secondary N) is 1. The molecule has 0 spiro atoms. The molecule has 1 aliphatic carbocycles. The summed E-state index contributed by atoms with van der Waals surface area (Å²) in [5.41, 5.74) is 5.85. The van der Waals surface area contributed by atoms with Gasteiger partial charge in [0.25, 0.3) is 0 Å². The van der Waals surface area contributed by atoms with E-state index < -0.39 is 0 Å². The third kappa shape index (κ3) is 4.27. The molecule has 0 radical (unpaired) electrons. The van der Waals surface area contributed by atoms with Gasteiger partial charge in [-0.3, -0.25) is 0 Å². The fraction of sp³-hybridized carbons (Fsp3) is 0.800. The third-order valence-corrected chi connectivity index (χ3v) is 4.80. The summed E-state index contributed by atoms with van der Waals surface area (Å²) >= 11 is 1.39. The Balaban J connectivity index is 1.79. The Bertz CT molecular complexity index is 411. The van der Waals surface area contributed by atoms with Crippen molar-refractivity contribution >= 4 is 22.4 Å². The van der Waals surface area contributed by atoms with Gasteiger partial charge in [0.2, 0.25) is 0 Å². The van der Waals surface area contributed by atoms with Gasteiger partial charge in [0.1, 0.15) is 0 Å². The van der Waals surface area contributed by atoms with E-state index in [0.29, 0.717) is 5.82 Å². The van der Waals surface area contributed by atoms with E-state index in [1.165, 1.54) is 43.6 Å². The number of aromatic nitrogens is 1. The zero-order chi connectivity index (χ0) is 14.5. The van der Waals surface area contributed by atoms with Crippen molar-refractivity contribution in [3.63, 3.8) is 0 Å². The smallest absolute Gasteiger partial charge is 0.197 e. The van der Waals surface area contributed by atoms with Crippen LogP contribution >= 0.6 is 11.5 Å². The summed E-state index contributed by atoms with van der Waals surface area (Å²) < 4.78 is 9.91. The standard InChI is InChI=1S/C15H27N3OS/c1-10(2)19-13-14(16)18-20-15(13)17-9-8-12-6-4-11(3)5-7-12/h10-12,17H,4-9H2,1-3H3,(H2,16,18). The molecule has 0 bridgehead atoms. The van der Waals surface area contributed by atoms with E-state index in [1.54, 1.807) is 0 Å². The van der Waals surface area contributed by atoms with Crippen molar-refractivity contribution in [2.24, 2.45) is 11.8 Å². The Morgan fingerprint density at radius 2 is 2.05 bits per heavy atom. The Labute approximate surface area is 126 Å². The Morgan fingerprint density at radius 1 is 1.35 bits per heavy atom. The third-order valence-electron chi connectivity index (χ3n) is 4.00. The normalized spacial score (nSPS) is 23.0. The summed E-state index contributed by atoms with van der Waals surface area (Å²) in [6, 6.07) is 0. The predicted octanol–water partition coefficient (Wildman–Crippen LogP) is 4.14. The number of nitrogen functional groups attached to an aromatic ring is 1. The quantitative estimate of drug-likeness (QED) is 0.828. The van der Waals surface area contributed by atoms with E-state index in [-0.39, 0.29) is 6.10 Å². The van der Waals surface area contributed by atoms with Crippen LogP contribution in [0.1, 0.15) is 52.9 Å². The van der Waals surface area contributed by atoms with Crippen molar-refractivity contribution in [1.29, 1.82) is 0 Å². The van der Waals surface area contributed by atoms with E-state index in [0.717, 1.165) is 29.1 Å². The van der Waals surface area contributed by atoms with E-state index >= 15 is 0 Å². The van der Waals surface area contributed by atoms with Crippen molar-refractivity contribution in [1.82, 2.24) is 4.37 Å². The Morgan fingerprint density at radius 3 is 2.70 bits per heavy atom. The van der Waals surface area contributed by atoms with Crippen LogP contribution in [0.15, 0.2) is 0 Å². The maximum atomic E-state index is 5.85. The Hall–Kier alpha value is -0.970. The van der Waals surface area contributed by atoms with E-state index in [2.05, 4.69) is 16.6 Å². The summed E-state index contributed by atoms with van der Waals surface area (Å²) in [5.74, 6) is 3.02. The van der Waals surface area contributed by atoms with Gasteiger partial charge in [-0.15, -0.1) is 0 Å². The highest BCUT2D eigenvalue weighted by Crippen LogP contribution is 2.36. The minimum Gasteiger partial charge on any atom is -0.484 e. The summed E-state index contributed by atoms with van der Waals surface area (Å²) in [6.45, 7) is 7.35. The molecule has 4 nitrogen and oxygen atoms in total. The monoisotopic (exact) mass is 297 g/mol. The molecule has 2 rings (SSSR count). The number of anilines is 2. The summed E-state index contributed by atoms with van der Waals surface area (Å²) in [7, 11) is 0. The van der Waals surface area contributed by atoms with Crippen molar-refractivity contribution < 1.29 is 4.74 Å². The molecule has 1 saturated carbocycles.